The molecular weight excluding hydrogens is 240 g/mol. The molecule has 0 aliphatic carbocycles. The monoisotopic (exact) mass is 264 g/mol. The molecule has 1 aromatic heterocycles. The minimum Gasteiger partial charge on any atom is -0.369 e. The van der Waals surface area contributed by atoms with Gasteiger partial charge in [0.05, 0.1) is 11.7 Å². The van der Waals surface area contributed by atoms with Gasteiger partial charge in [-0.3, -0.25) is 0 Å². The topological polar surface area (TPSA) is 50.3 Å². The Morgan fingerprint density at radius 3 is 3.00 bits per heavy atom. The van der Waals surface area contributed by atoms with Gasteiger partial charge in [-0.05, 0) is 33.3 Å². The van der Waals surface area contributed by atoms with Gasteiger partial charge in [0, 0.05) is 25.8 Å². The van der Waals surface area contributed by atoms with Crippen LogP contribution in [-0.4, -0.2) is 41.3 Å². The summed E-state index contributed by atoms with van der Waals surface area (Å²) in [4.78, 5) is 11.1. The summed E-state index contributed by atoms with van der Waals surface area (Å²) in [6, 6.07) is 1.96. The standard InChI is InChI=1S/C14H24N4O/c1-5-7-15-13-16-8-6-12(17-13)18-9-11(2)19-14(3,4)10-18/h6,8,11H,5,7,9-10H2,1-4H3,(H,15,16,17). The van der Waals surface area contributed by atoms with Gasteiger partial charge in [-0.1, -0.05) is 6.92 Å². The number of aromatic nitrogens is 2. The summed E-state index contributed by atoms with van der Waals surface area (Å²) >= 11 is 0. The van der Waals surface area contributed by atoms with Crippen LogP contribution >= 0.6 is 0 Å². The summed E-state index contributed by atoms with van der Waals surface area (Å²) in [6.45, 7) is 11.1. The van der Waals surface area contributed by atoms with Crippen LogP contribution < -0.4 is 10.2 Å². The van der Waals surface area contributed by atoms with Gasteiger partial charge in [-0.25, -0.2) is 4.98 Å². The Bertz CT molecular complexity index is 422. The lowest BCUT2D eigenvalue weighted by molar-refractivity contribution is -0.0751. The normalized spacial score (nSPS) is 22.3. The lowest BCUT2D eigenvalue weighted by Crippen LogP contribution is -2.52. The minimum atomic E-state index is -0.139. The Labute approximate surface area is 115 Å². The lowest BCUT2D eigenvalue weighted by atomic mass is 10.1. The van der Waals surface area contributed by atoms with E-state index in [1.54, 1.807) is 0 Å². The highest BCUT2D eigenvalue weighted by Crippen LogP contribution is 2.24. The van der Waals surface area contributed by atoms with E-state index in [0.29, 0.717) is 5.95 Å². The van der Waals surface area contributed by atoms with Gasteiger partial charge in [0.15, 0.2) is 0 Å². The molecule has 1 N–H and O–H groups in total. The molecular formula is C14H24N4O. The quantitative estimate of drug-likeness (QED) is 0.904. The number of nitrogens with one attached hydrogen (secondary N) is 1. The van der Waals surface area contributed by atoms with E-state index in [1.807, 2.05) is 12.3 Å². The maximum Gasteiger partial charge on any atom is 0.224 e. The first-order valence-corrected chi connectivity index (χ1v) is 7.00. The van der Waals surface area contributed by atoms with Crippen LogP contribution in [0.2, 0.25) is 0 Å². The van der Waals surface area contributed by atoms with Crippen molar-refractivity contribution in [3.05, 3.63) is 12.3 Å². The third kappa shape index (κ3) is 3.80. The molecule has 5 heteroatoms. The first-order valence-electron chi connectivity index (χ1n) is 7.00. The Morgan fingerprint density at radius 2 is 2.32 bits per heavy atom. The molecule has 5 nitrogen and oxygen atoms in total. The third-order valence-electron chi connectivity index (χ3n) is 3.07. The highest BCUT2D eigenvalue weighted by Gasteiger charge is 2.31. The second kappa shape index (κ2) is 5.74. The zero-order valence-electron chi connectivity index (χ0n) is 12.3. The summed E-state index contributed by atoms with van der Waals surface area (Å²) in [5, 5.41) is 3.23. The summed E-state index contributed by atoms with van der Waals surface area (Å²) in [7, 11) is 0. The van der Waals surface area contributed by atoms with Crippen molar-refractivity contribution in [3.8, 4) is 0 Å². The zero-order valence-corrected chi connectivity index (χ0v) is 12.3. The molecule has 1 unspecified atom stereocenters. The number of hydrogen-bond donors (Lipinski definition) is 1. The van der Waals surface area contributed by atoms with E-state index in [0.717, 1.165) is 31.9 Å². The molecule has 0 radical (unpaired) electrons. The highest BCUT2D eigenvalue weighted by molar-refractivity contribution is 5.43. The van der Waals surface area contributed by atoms with Gasteiger partial charge in [0.1, 0.15) is 5.82 Å². The van der Waals surface area contributed by atoms with Crippen LogP contribution in [0.25, 0.3) is 0 Å². The van der Waals surface area contributed by atoms with Crippen molar-refractivity contribution in [1.29, 1.82) is 0 Å². The van der Waals surface area contributed by atoms with Crippen LogP contribution in [0, 0.1) is 0 Å². The zero-order chi connectivity index (χ0) is 13.9. The molecule has 1 saturated heterocycles. The van der Waals surface area contributed by atoms with Gasteiger partial charge in [-0.15, -0.1) is 0 Å². The van der Waals surface area contributed by atoms with Gasteiger partial charge in [0.25, 0.3) is 0 Å². The maximum atomic E-state index is 5.92. The predicted octanol–water partition coefficient (Wildman–Crippen LogP) is 2.30. The summed E-state index contributed by atoms with van der Waals surface area (Å²) in [5.41, 5.74) is -0.139. The van der Waals surface area contributed by atoms with E-state index in [-0.39, 0.29) is 11.7 Å². The van der Waals surface area contributed by atoms with Gasteiger partial charge >= 0.3 is 0 Å². The molecule has 1 aliphatic rings. The number of morpholine rings is 1. The molecule has 1 atom stereocenters. The van der Waals surface area contributed by atoms with Crippen molar-refractivity contribution in [2.24, 2.45) is 0 Å². The fourth-order valence-corrected chi connectivity index (χ4v) is 2.48. The highest BCUT2D eigenvalue weighted by atomic mass is 16.5. The van der Waals surface area contributed by atoms with Crippen LogP contribution in [0.4, 0.5) is 11.8 Å². The summed E-state index contributed by atoms with van der Waals surface area (Å²) in [5.74, 6) is 1.67. The first kappa shape index (κ1) is 14.1. The van der Waals surface area contributed by atoms with Gasteiger partial charge in [-0.2, -0.15) is 4.98 Å². The molecule has 106 valence electrons. The van der Waals surface area contributed by atoms with E-state index in [2.05, 4.69) is 47.9 Å². The molecule has 2 rings (SSSR count). The average molecular weight is 264 g/mol. The number of rotatable bonds is 4. The largest absolute Gasteiger partial charge is 0.369 e. The van der Waals surface area contributed by atoms with E-state index >= 15 is 0 Å². The Balaban J connectivity index is 2.12. The molecule has 0 spiro atoms. The van der Waals surface area contributed by atoms with E-state index < -0.39 is 0 Å². The second-order valence-electron chi connectivity index (χ2n) is 5.73. The molecule has 19 heavy (non-hydrogen) atoms. The molecule has 2 heterocycles. The Kier molecular flexibility index (Phi) is 4.24. The van der Waals surface area contributed by atoms with Crippen LogP contribution in [0.1, 0.15) is 34.1 Å². The minimum absolute atomic E-state index is 0.139. The maximum absolute atomic E-state index is 5.92. The second-order valence-corrected chi connectivity index (χ2v) is 5.73. The van der Waals surface area contributed by atoms with Crippen LogP contribution in [0.15, 0.2) is 12.3 Å². The molecule has 0 amide bonds. The molecule has 1 aromatic rings. The number of nitrogens with zero attached hydrogens (tertiary/aromatic N) is 3. The fourth-order valence-electron chi connectivity index (χ4n) is 2.48. The number of anilines is 2. The Morgan fingerprint density at radius 1 is 1.53 bits per heavy atom. The van der Waals surface area contributed by atoms with Crippen LogP contribution in [0.5, 0.6) is 0 Å². The van der Waals surface area contributed by atoms with Crippen LogP contribution in [0.3, 0.4) is 0 Å². The van der Waals surface area contributed by atoms with Crippen molar-refractivity contribution < 1.29 is 4.74 Å². The van der Waals surface area contributed by atoms with Gasteiger partial charge < -0.3 is 15.0 Å². The van der Waals surface area contributed by atoms with E-state index in [1.165, 1.54) is 0 Å². The SMILES string of the molecule is CCCNc1nccc(N2CC(C)OC(C)(C)C2)n1. The van der Waals surface area contributed by atoms with E-state index in [4.69, 9.17) is 4.74 Å². The number of hydrogen-bond acceptors (Lipinski definition) is 5. The van der Waals surface area contributed by atoms with Crippen molar-refractivity contribution in [2.75, 3.05) is 29.9 Å². The number of ether oxygens (including phenoxy) is 1. The van der Waals surface area contributed by atoms with E-state index in [9.17, 15) is 0 Å². The molecule has 0 bridgehead atoms. The fraction of sp³-hybridized carbons (Fsp3) is 0.714. The summed E-state index contributed by atoms with van der Waals surface area (Å²) < 4.78 is 5.92. The molecule has 1 fully saturated rings. The predicted molar refractivity (Wildman–Crippen MR) is 77.7 cm³/mol. The van der Waals surface area contributed by atoms with Crippen molar-refractivity contribution in [2.45, 2.75) is 45.8 Å². The Hall–Kier alpha value is -1.36. The third-order valence-corrected chi connectivity index (χ3v) is 3.07. The lowest BCUT2D eigenvalue weighted by Gasteiger charge is -2.42. The smallest absolute Gasteiger partial charge is 0.224 e. The first-order chi connectivity index (χ1) is 9.00. The molecule has 0 saturated carbocycles. The molecule has 1 aliphatic heterocycles. The van der Waals surface area contributed by atoms with Gasteiger partial charge in [0.2, 0.25) is 5.95 Å². The van der Waals surface area contributed by atoms with Crippen molar-refractivity contribution in [1.82, 2.24) is 9.97 Å². The average Bonchev–Trinajstić information content (AvgIpc) is 2.34. The van der Waals surface area contributed by atoms with Crippen molar-refractivity contribution >= 4 is 11.8 Å². The summed E-state index contributed by atoms with van der Waals surface area (Å²) in [6.07, 6.45) is 3.09. The van der Waals surface area contributed by atoms with Crippen LogP contribution in [-0.2, 0) is 4.74 Å². The van der Waals surface area contributed by atoms with Crippen molar-refractivity contribution in [3.63, 3.8) is 0 Å². The molecule has 0 aromatic carbocycles.